The first-order valence-corrected chi connectivity index (χ1v) is 8.34. The van der Waals surface area contributed by atoms with Gasteiger partial charge in [0.05, 0.1) is 28.7 Å². The van der Waals surface area contributed by atoms with Gasteiger partial charge in [-0.05, 0) is 44.5 Å². The number of benzene rings is 1. The van der Waals surface area contributed by atoms with Gasteiger partial charge in [0.1, 0.15) is 5.75 Å². The standard InChI is InChI=1S/C17H20N4OS.H2/c1-10-9-13(22-4)5-6-14(10)20-17-18-8-7-15(21-17)16-11(2)19-12(3)23-16;/h5-6,8-9,15H,7H2,1-4H3,(H,20,21);1H. The van der Waals surface area contributed by atoms with E-state index in [-0.39, 0.29) is 7.47 Å². The molecule has 122 valence electrons. The van der Waals surface area contributed by atoms with Crippen LogP contribution in [0.4, 0.5) is 5.69 Å². The Morgan fingerprint density at radius 2 is 2.13 bits per heavy atom. The number of ether oxygens (including phenoxy) is 1. The van der Waals surface area contributed by atoms with Crippen LogP contribution in [0.15, 0.2) is 28.2 Å². The topological polar surface area (TPSA) is 58.9 Å². The van der Waals surface area contributed by atoms with Gasteiger partial charge in [0.25, 0.3) is 0 Å². The molecular formula is C17H22N4OS. The molecule has 23 heavy (non-hydrogen) atoms. The minimum absolute atomic E-state index is 0. The summed E-state index contributed by atoms with van der Waals surface area (Å²) in [6.45, 7) is 6.11. The number of anilines is 1. The summed E-state index contributed by atoms with van der Waals surface area (Å²) in [5, 5.41) is 4.39. The molecule has 1 aromatic carbocycles. The first-order chi connectivity index (χ1) is 11.1. The van der Waals surface area contributed by atoms with Gasteiger partial charge >= 0.3 is 0 Å². The van der Waals surface area contributed by atoms with E-state index in [1.54, 1.807) is 18.4 Å². The molecule has 2 aromatic rings. The first-order valence-electron chi connectivity index (χ1n) is 7.52. The average molecular weight is 330 g/mol. The first kappa shape index (κ1) is 15.7. The lowest BCUT2D eigenvalue weighted by Gasteiger charge is -2.17. The van der Waals surface area contributed by atoms with Gasteiger partial charge in [0.15, 0.2) is 0 Å². The van der Waals surface area contributed by atoms with Crippen LogP contribution in [0.25, 0.3) is 0 Å². The number of aryl methyl sites for hydroxylation is 3. The third kappa shape index (κ3) is 3.42. The van der Waals surface area contributed by atoms with Crippen LogP contribution in [-0.4, -0.2) is 24.3 Å². The highest BCUT2D eigenvalue weighted by Gasteiger charge is 2.19. The third-order valence-corrected chi connectivity index (χ3v) is 4.92. The van der Waals surface area contributed by atoms with E-state index in [1.165, 1.54) is 4.88 Å². The van der Waals surface area contributed by atoms with E-state index in [4.69, 9.17) is 9.73 Å². The Kier molecular flexibility index (Phi) is 4.43. The minimum atomic E-state index is 0. The molecule has 1 atom stereocenters. The maximum atomic E-state index is 5.24. The van der Waals surface area contributed by atoms with Crippen LogP contribution in [-0.2, 0) is 0 Å². The fourth-order valence-electron chi connectivity index (χ4n) is 2.58. The van der Waals surface area contributed by atoms with Gasteiger partial charge in [-0.3, -0.25) is 0 Å². The smallest absolute Gasteiger partial charge is 0.222 e. The van der Waals surface area contributed by atoms with E-state index in [1.807, 2.05) is 45.2 Å². The van der Waals surface area contributed by atoms with Crippen molar-refractivity contribution in [3.8, 4) is 5.75 Å². The molecule has 2 heterocycles. The zero-order chi connectivity index (χ0) is 16.4. The van der Waals surface area contributed by atoms with Gasteiger partial charge in [-0.1, -0.05) is 0 Å². The Morgan fingerprint density at radius 3 is 2.78 bits per heavy atom. The van der Waals surface area contributed by atoms with Crippen LogP contribution < -0.4 is 10.1 Å². The third-order valence-electron chi connectivity index (χ3n) is 3.74. The van der Waals surface area contributed by atoms with Crippen molar-refractivity contribution in [2.24, 2.45) is 9.98 Å². The normalized spacial score (nSPS) is 17.0. The molecule has 1 N–H and O–H groups in total. The lowest BCUT2D eigenvalue weighted by atomic mass is 10.1. The maximum absolute atomic E-state index is 5.24. The molecule has 0 saturated heterocycles. The van der Waals surface area contributed by atoms with Gasteiger partial charge in [-0.2, -0.15) is 0 Å². The van der Waals surface area contributed by atoms with E-state index in [9.17, 15) is 0 Å². The van der Waals surface area contributed by atoms with Crippen LogP contribution in [0, 0.1) is 20.8 Å². The van der Waals surface area contributed by atoms with Crippen molar-refractivity contribution in [2.75, 3.05) is 12.4 Å². The zero-order valence-corrected chi connectivity index (χ0v) is 14.6. The SMILES string of the molecule is COc1ccc(NC2=NC(c3sc(C)nc3C)CC=N2)c(C)c1.[HH]. The molecule has 1 aromatic heterocycles. The molecule has 5 nitrogen and oxygen atoms in total. The summed E-state index contributed by atoms with van der Waals surface area (Å²) in [5.41, 5.74) is 3.14. The maximum Gasteiger partial charge on any atom is 0.222 e. The second-order valence-corrected chi connectivity index (χ2v) is 6.74. The average Bonchev–Trinajstić information content (AvgIpc) is 2.88. The molecule has 1 aliphatic rings. The highest BCUT2D eigenvalue weighted by atomic mass is 32.1. The van der Waals surface area contributed by atoms with Crippen molar-refractivity contribution in [3.63, 3.8) is 0 Å². The van der Waals surface area contributed by atoms with Crippen molar-refractivity contribution < 1.29 is 6.16 Å². The van der Waals surface area contributed by atoms with Crippen molar-refractivity contribution in [1.29, 1.82) is 0 Å². The number of hydrogen-bond donors (Lipinski definition) is 1. The quantitative estimate of drug-likeness (QED) is 0.912. The Hall–Kier alpha value is -2.21. The van der Waals surface area contributed by atoms with Crippen molar-refractivity contribution >= 4 is 29.2 Å². The van der Waals surface area contributed by atoms with Crippen LogP contribution in [0.5, 0.6) is 5.75 Å². The predicted octanol–water partition coefficient (Wildman–Crippen LogP) is 4.31. The molecule has 0 spiro atoms. The minimum Gasteiger partial charge on any atom is -0.497 e. The number of rotatable bonds is 3. The van der Waals surface area contributed by atoms with Gasteiger partial charge in [-0.25, -0.2) is 15.0 Å². The predicted molar refractivity (Wildman–Crippen MR) is 98.3 cm³/mol. The van der Waals surface area contributed by atoms with Crippen molar-refractivity contribution in [3.05, 3.63) is 39.3 Å². The largest absolute Gasteiger partial charge is 0.497 e. The Bertz CT molecular complexity index is 785. The lowest BCUT2D eigenvalue weighted by Crippen LogP contribution is -2.16. The fourth-order valence-corrected chi connectivity index (χ4v) is 3.56. The number of nitrogens with one attached hydrogen (secondary N) is 1. The molecule has 0 amide bonds. The van der Waals surface area contributed by atoms with Gasteiger partial charge in [0, 0.05) is 19.7 Å². The summed E-state index contributed by atoms with van der Waals surface area (Å²) in [4.78, 5) is 14.9. The van der Waals surface area contributed by atoms with Gasteiger partial charge < -0.3 is 10.1 Å². The number of aliphatic imine (C=N–C) groups is 2. The number of aromatic nitrogens is 1. The molecule has 0 bridgehead atoms. The van der Waals surface area contributed by atoms with Crippen LogP contribution in [0.1, 0.15) is 35.0 Å². The monoisotopic (exact) mass is 330 g/mol. The highest BCUT2D eigenvalue weighted by Crippen LogP contribution is 2.31. The summed E-state index contributed by atoms with van der Waals surface area (Å²) in [6, 6.07) is 6.00. The summed E-state index contributed by atoms with van der Waals surface area (Å²) in [7, 11) is 1.67. The van der Waals surface area contributed by atoms with E-state index >= 15 is 0 Å². The lowest BCUT2D eigenvalue weighted by molar-refractivity contribution is 0.414. The summed E-state index contributed by atoms with van der Waals surface area (Å²) in [6.07, 6.45) is 2.74. The summed E-state index contributed by atoms with van der Waals surface area (Å²) in [5.74, 6) is 1.48. The van der Waals surface area contributed by atoms with E-state index in [0.29, 0.717) is 5.96 Å². The molecule has 0 saturated carbocycles. The molecule has 1 unspecified atom stereocenters. The second-order valence-electron chi connectivity index (χ2n) is 5.50. The Labute approximate surface area is 141 Å². The molecular weight excluding hydrogens is 308 g/mol. The molecule has 0 aliphatic carbocycles. The number of nitrogens with zero attached hydrogens (tertiary/aromatic N) is 3. The number of thiazole rings is 1. The van der Waals surface area contributed by atoms with Crippen LogP contribution in [0.2, 0.25) is 0 Å². The molecule has 0 fully saturated rings. The zero-order valence-electron chi connectivity index (χ0n) is 13.8. The van der Waals surface area contributed by atoms with E-state index < -0.39 is 0 Å². The molecule has 3 rings (SSSR count). The van der Waals surface area contributed by atoms with Crippen molar-refractivity contribution in [2.45, 2.75) is 33.2 Å². The Morgan fingerprint density at radius 1 is 1.30 bits per heavy atom. The van der Waals surface area contributed by atoms with Crippen molar-refractivity contribution in [1.82, 2.24) is 4.98 Å². The number of guanidine groups is 1. The molecule has 1 aliphatic heterocycles. The summed E-state index contributed by atoms with van der Waals surface area (Å²) < 4.78 is 5.24. The fraction of sp³-hybridized carbons (Fsp3) is 0.353. The molecule has 6 heteroatoms. The molecule has 0 radical (unpaired) electrons. The van der Waals surface area contributed by atoms with E-state index in [2.05, 4.69) is 15.3 Å². The number of methoxy groups -OCH3 is 1. The van der Waals surface area contributed by atoms with Gasteiger partial charge in [0.2, 0.25) is 5.96 Å². The second kappa shape index (κ2) is 6.50. The highest BCUT2D eigenvalue weighted by molar-refractivity contribution is 7.11. The Balaban J connectivity index is 0.00000208. The van der Waals surface area contributed by atoms with E-state index in [0.717, 1.165) is 34.1 Å². The number of hydrogen-bond acceptors (Lipinski definition) is 6. The van der Waals surface area contributed by atoms with Crippen LogP contribution >= 0.6 is 11.3 Å². The van der Waals surface area contributed by atoms with Crippen LogP contribution in [0.3, 0.4) is 0 Å². The van der Waals surface area contributed by atoms with Gasteiger partial charge in [-0.15, -0.1) is 11.3 Å². The summed E-state index contributed by atoms with van der Waals surface area (Å²) >= 11 is 1.71.